The van der Waals surface area contributed by atoms with Crippen LogP contribution in [0.4, 0.5) is 0 Å². The maximum atomic E-state index is 10.6. The van der Waals surface area contributed by atoms with Crippen molar-refractivity contribution >= 4 is 51.2 Å². The van der Waals surface area contributed by atoms with Crippen molar-refractivity contribution in [1.82, 2.24) is 0 Å². The molecule has 0 bridgehead atoms. The summed E-state index contributed by atoms with van der Waals surface area (Å²) in [5, 5.41) is 14.6. The van der Waals surface area contributed by atoms with Gasteiger partial charge >= 0.3 is 0 Å². The van der Waals surface area contributed by atoms with Crippen molar-refractivity contribution in [2.24, 2.45) is 0 Å². The topological polar surface area (TPSA) is 20.2 Å². The maximum absolute atomic E-state index is 10.6. The lowest BCUT2D eigenvalue weighted by atomic mass is 9.13. The summed E-state index contributed by atoms with van der Waals surface area (Å²) in [6.07, 6.45) is 0.0293. The van der Waals surface area contributed by atoms with Crippen LogP contribution in [0.5, 0.6) is 0 Å². The summed E-state index contributed by atoms with van der Waals surface area (Å²) in [7, 11) is -1.88. The smallest absolute Gasteiger partial charge is 0.114 e. The Balaban J connectivity index is 0.000000170. The summed E-state index contributed by atoms with van der Waals surface area (Å²) in [5.74, 6) is 0. The van der Waals surface area contributed by atoms with E-state index in [1.807, 2.05) is 0 Å². The molecule has 0 aliphatic carbocycles. The lowest BCUT2D eigenvalue weighted by Gasteiger charge is -2.44. The predicted molar refractivity (Wildman–Crippen MR) is 216 cm³/mol. The van der Waals surface area contributed by atoms with Crippen LogP contribution in [0.2, 0.25) is 0 Å². The van der Waals surface area contributed by atoms with Crippen LogP contribution in [-0.4, -0.2) is 23.5 Å². The SMILES string of the molecule is CCC(O)C[P+](c1ccccc1)(c1ccccc1)c1ccccc1.c1ccc([B-](c2ccccc2)(c2ccccc2)c2ccccc2)cc1. The first-order valence-electron chi connectivity index (χ1n) is 17.3. The monoisotopic (exact) mass is 654 g/mol. The molecule has 0 spiro atoms. The van der Waals surface area contributed by atoms with Crippen LogP contribution in [0.15, 0.2) is 212 Å². The Morgan fingerprint density at radius 2 is 0.612 bits per heavy atom. The summed E-state index contributed by atoms with van der Waals surface area (Å²) < 4.78 is 0. The first-order valence-corrected chi connectivity index (χ1v) is 19.3. The van der Waals surface area contributed by atoms with Gasteiger partial charge in [-0.1, -0.05) is 183 Å². The molecule has 0 saturated heterocycles. The highest BCUT2D eigenvalue weighted by molar-refractivity contribution is 7.95. The summed E-state index contributed by atoms with van der Waals surface area (Å²) in [5.41, 5.74) is 5.36. The number of benzene rings is 7. The van der Waals surface area contributed by atoms with Crippen molar-refractivity contribution < 1.29 is 5.11 Å². The average Bonchev–Trinajstić information content (AvgIpc) is 3.20. The summed E-state index contributed by atoms with van der Waals surface area (Å²) in [6, 6.07) is 75.6. The van der Waals surface area contributed by atoms with E-state index in [0.717, 1.165) is 12.6 Å². The van der Waals surface area contributed by atoms with Gasteiger partial charge in [0.2, 0.25) is 0 Å². The van der Waals surface area contributed by atoms with E-state index in [1.165, 1.54) is 37.8 Å². The largest absolute Gasteiger partial charge is 0.389 e. The molecule has 7 aromatic rings. The van der Waals surface area contributed by atoms with Gasteiger partial charge in [0.15, 0.2) is 0 Å². The van der Waals surface area contributed by atoms with Crippen molar-refractivity contribution in [2.45, 2.75) is 19.4 Å². The molecule has 0 aliphatic heterocycles. The number of hydrogen-bond donors (Lipinski definition) is 1. The molecule has 3 heteroatoms. The van der Waals surface area contributed by atoms with E-state index >= 15 is 0 Å². The Labute approximate surface area is 293 Å². The minimum absolute atomic E-state index is 0.307. The van der Waals surface area contributed by atoms with Gasteiger partial charge in [-0.05, 0) is 42.8 Å². The zero-order valence-corrected chi connectivity index (χ0v) is 29.1. The molecule has 1 unspecified atom stereocenters. The van der Waals surface area contributed by atoms with Gasteiger partial charge in [0.25, 0.3) is 0 Å². The second-order valence-electron chi connectivity index (χ2n) is 12.6. The fourth-order valence-electron chi connectivity index (χ4n) is 7.38. The van der Waals surface area contributed by atoms with E-state index in [1.54, 1.807) is 0 Å². The van der Waals surface area contributed by atoms with Gasteiger partial charge < -0.3 is 5.11 Å². The number of aliphatic hydroxyl groups excluding tert-OH is 1. The second-order valence-corrected chi connectivity index (χ2v) is 16.1. The highest BCUT2D eigenvalue weighted by atomic mass is 31.2. The zero-order valence-electron chi connectivity index (χ0n) is 28.2. The summed E-state index contributed by atoms with van der Waals surface area (Å²) in [4.78, 5) is 0. The maximum Gasteiger partial charge on any atom is 0.114 e. The van der Waals surface area contributed by atoms with Gasteiger partial charge in [0.1, 0.15) is 29.3 Å². The fourth-order valence-corrected chi connectivity index (χ4v) is 11.8. The first-order chi connectivity index (χ1) is 24.2. The molecule has 1 N–H and O–H groups in total. The molecule has 0 heterocycles. The molecule has 0 radical (unpaired) electrons. The summed E-state index contributed by atoms with van der Waals surface area (Å²) in [6.45, 7) is 2.06. The molecule has 7 aromatic carbocycles. The highest BCUT2D eigenvalue weighted by Gasteiger charge is 2.46. The van der Waals surface area contributed by atoms with Crippen molar-refractivity contribution in [3.63, 3.8) is 0 Å². The molecule has 0 amide bonds. The van der Waals surface area contributed by atoms with Crippen molar-refractivity contribution in [1.29, 1.82) is 0 Å². The number of hydrogen-bond acceptors (Lipinski definition) is 1. The highest BCUT2D eigenvalue weighted by Crippen LogP contribution is 2.55. The molecule has 0 aromatic heterocycles. The van der Waals surface area contributed by atoms with Gasteiger partial charge in [-0.3, -0.25) is 0 Å². The van der Waals surface area contributed by atoms with Crippen LogP contribution in [0.25, 0.3) is 0 Å². The molecule has 7 rings (SSSR count). The van der Waals surface area contributed by atoms with Gasteiger partial charge in [0.05, 0.1) is 12.3 Å². The molecule has 1 atom stereocenters. The third-order valence-electron chi connectivity index (χ3n) is 9.75. The molecular weight excluding hydrogens is 610 g/mol. The predicted octanol–water partition coefficient (Wildman–Crippen LogP) is 6.82. The van der Waals surface area contributed by atoms with Crippen LogP contribution in [-0.2, 0) is 0 Å². The van der Waals surface area contributed by atoms with Crippen LogP contribution in [0.3, 0.4) is 0 Å². The fraction of sp³-hybridized carbons (Fsp3) is 0.0870. The third kappa shape index (κ3) is 7.23. The lowest BCUT2D eigenvalue weighted by molar-refractivity contribution is 0.194. The van der Waals surface area contributed by atoms with E-state index < -0.39 is 13.4 Å². The van der Waals surface area contributed by atoms with Gasteiger partial charge in [0, 0.05) is 0 Å². The molecule has 1 nitrogen and oxygen atoms in total. The molecule has 0 aliphatic rings. The molecule has 0 saturated carbocycles. The van der Waals surface area contributed by atoms with Gasteiger partial charge in [-0.2, -0.15) is 21.9 Å². The van der Waals surface area contributed by atoms with E-state index in [4.69, 9.17) is 0 Å². The Bertz CT molecular complexity index is 1690. The van der Waals surface area contributed by atoms with Crippen LogP contribution in [0, 0.1) is 0 Å². The zero-order chi connectivity index (χ0) is 33.8. The van der Waals surface area contributed by atoms with E-state index in [-0.39, 0.29) is 6.10 Å². The van der Waals surface area contributed by atoms with Crippen molar-refractivity contribution in [3.05, 3.63) is 212 Å². The van der Waals surface area contributed by atoms with Crippen molar-refractivity contribution in [2.75, 3.05) is 6.16 Å². The minimum atomic E-state index is -1.88. The summed E-state index contributed by atoms with van der Waals surface area (Å²) >= 11 is 0. The Morgan fingerprint density at radius 1 is 0.388 bits per heavy atom. The molecule has 49 heavy (non-hydrogen) atoms. The Morgan fingerprint density at radius 3 is 0.837 bits per heavy atom. The lowest BCUT2D eigenvalue weighted by Crippen LogP contribution is -2.74. The minimum Gasteiger partial charge on any atom is -0.389 e. The quantitative estimate of drug-likeness (QED) is 0.127. The van der Waals surface area contributed by atoms with Gasteiger partial charge in [-0.15, -0.1) is 0 Å². The van der Waals surface area contributed by atoms with Crippen molar-refractivity contribution in [3.8, 4) is 0 Å². The first kappa shape index (κ1) is 33.9. The van der Waals surface area contributed by atoms with Gasteiger partial charge in [-0.25, -0.2) is 0 Å². The molecular formula is C46H44BOP. The second kappa shape index (κ2) is 16.4. The number of aliphatic hydroxyl groups is 1. The van der Waals surface area contributed by atoms with Crippen LogP contribution in [0.1, 0.15) is 13.3 Å². The Kier molecular flexibility index (Phi) is 11.3. The third-order valence-corrected chi connectivity index (χ3v) is 14.3. The van der Waals surface area contributed by atoms with E-state index in [9.17, 15) is 5.11 Å². The number of rotatable bonds is 10. The normalized spacial score (nSPS) is 12.0. The molecule has 242 valence electrons. The average molecular weight is 655 g/mol. The molecule has 0 fully saturated rings. The Hall–Kier alpha value is -5.01. The van der Waals surface area contributed by atoms with E-state index in [2.05, 4.69) is 219 Å². The standard InChI is InChI=1S/C24H20B.C22H24OP/c1-5-13-21(14-6-1)25(22-15-7-2-8-16-22,23-17-9-3-10-18-23)24-19-11-4-12-20-24;1-2-19(23)18-24(20-12-6-3-7-13-20,21-14-8-4-9-15-21)22-16-10-5-11-17-22/h1-20H;3-17,19,23H,2,18H2,1H3/q-1;+1. The van der Waals surface area contributed by atoms with E-state index in [0.29, 0.717) is 0 Å². The van der Waals surface area contributed by atoms with Crippen LogP contribution < -0.4 is 37.8 Å². The van der Waals surface area contributed by atoms with Crippen LogP contribution >= 0.6 is 7.26 Å².